The Morgan fingerprint density at radius 3 is 2.25 bits per heavy atom. The first-order chi connectivity index (χ1) is 15.4. The van der Waals surface area contributed by atoms with E-state index in [1.807, 2.05) is 36.4 Å². The zero-order valence-electron chi connectivity index (χ0n) is 17.7. The molecule has 32 heavy (non-hydrogen) atoms. The molecule has 0 radical (unpaired) electrons. The molecule has 0 aromatic heterocycles. The number of aliphatic hydroxyl groups excluding tert-OH is 1. The number of rotatable bonds is 6. The van der Waals surface area contributed by atoms with Gasteiger partial charge in [0.05, 0.1) is 6.10 Å². The molecule has 0 spiro atoms. The van der Waals surface area contributed by atoms with Crippen LogP contribution in [0, 0.1) is 0 Å². The van der Waals surface area contributed by atoms with Gasteiger partial charge < -0.3 is 20.3 Å². The van der Waals surface area contributed by atoms with Crippen molar-refractivity contribution in [1.82, 2.24) is 10.2 Å². The summed E-state index contributed by atoms with van der Waals surface area (Å²) in [4.78, 5) is 38.1. The lowest BCUT2D eigenvalue weighted by Gasteiger charge is -2.26. The highest BCUT2D eigenvalue weighted by Gasteiger charge is 2.38. The highest BCUT2D eigenvalue weighted by Crippen LogP contribution is 2.44. The van der Waals surface area contributed by atoms with Crippen LogP contribution in [0.3, 0.4) is 0 Å². The van der Waals surface area contributed by atoms with Gasteiger partial charge in [-0.05, 0) is 42.0 Å². The van der Waals surface area contributed by atoms with Crippen LogP contribution in [-0.2, 0) is 14.3 Å². The summed E-state index contributed by atoms with van der Waals surface area (Å²) in [7, 11) is 0. The first kappa shape index (κ1) is 21.8. The molecule has 3 atom stereocenters. The fourth-order valence-corrected chi connectivity index (χ4v) is 4.57. The van der Waals surface area contributed by atoms with Crippen molar-refractivity contribution in [2.45, 2.75) is 43.9 Å². The summed E-state index contributed by atoms with van der Waals surface area (Å²) >= 11 is 0. The number of likely N-dealkylation sites (tertiary alicyclic amines) is 1. The van der Waals surface area contributed by atoms with Crippen LogP contribution in [0.15, 0.2) is 48.5 Å². The number of carboxylic acid groups (broad SMARTS) is 1. The SMILES string of the molecule is C[C@@H](O)[C@H](NC(=O)[C@@H]1CCCN1C(=O)OCC1c2ccccc2-c2ccccc21)C(=O)O. The molecule has 4 rings (SSSR count). The van der Waals surface area contributed by atoms with Crippen molar-refractivity contribution >= 4 is 18.0 Å². The lowest BCUT2D eigenvalue weighted by Crippen LogP contribution is -2.54. The molecule has 8 heteroatoms. The van der Waals surface area contributed by atoms with Crippen LogP contribution in [0.25, 0.3) is 11.1 Å². The van der Waals surface area contributed by atoms with Gasteiger partial charge in [0, 0.05) is 12.5 Å². The van der Waals surface area contributed by atoms with Crippen molar-refractivity contribution in [1.29, 1.82) is 0 Å². The second-order valence-electron chi connectivity index (χ2n) is 8.22. The zero-order valence-corrected chi connectivity index (χ0v) is 17.7. The number of carbonyl (C=O) groups is 3. The van der Waals surface area contributed by atoms with Crippen molar-refractivity contribution in [3.63, 3.8) is 0 Å². The molecule has 2 aliphatic rings. The third-order valence-corrected chi connectivity index (χ3v) is 6.17. The van der Waals surface area contributed by atoms with Crippen LogP contribution in [0.1, 0.15) is 36.8 Å². The van der Waals surface area contributed by atoms with Gasteiger partial charge >= 0.3 is 12.1 Å². The molecule has 2 aromatic rings. The van der Waals surface area contributed by atoms with E-state index < -0.39 is 36.2 Å². The van der Waals surface area contributed by atoms with Crippen LogP contribution in [0.5, 0.6) is 0 Å². The molecular weight excluding hydrogens is 412 g/mol. The summed E-state index contributed by atoms with van der Waals surface area (Å²) < 4.78 is 5.65. The molecule has 2 aromatic carbocycles. The van der Waals surface area contributed by atoms with E-state index >= 15 is 0 Å². The Morgan fingerprint density at radius 1 is 1.09 bits per heavy atom. The number of nitrogens with zero attached hydrogens (tertiary/aromatic N) is 1. The van der Waals surface area contributed by atoms with Crippen LogP contribution < -0.4 is 5.32 Å². The van der Waals surface area contributed by atoms with Crippen molar-refractivity contribution in [3.8, 4) is 11.1 Å². The Labute approximate surface area is 185 Å². The van der Waals surface area contributed by atoms with Gasteiger partial charge in [-0.1, -0.05) is 48.5 Å². The second-order valence-corrected chi connectivity index (χ2v) is 8.22. The minimum atomic E-state index is -1.44. The Morgan fingerprint density at radius 2 is 1.69 bits per heavy atom. The molecule has 0 saturated carbocycles. The topological polar surface area (TPSA) is 116 Å². The molecule has 1 fully saturated rings. The first-order valence-electron chi connectivity index (χ1n) is 10.7. The molecule has 1 aliphatic carbocycles. The number of amides is 2. The number of aliphatic hydroxyl groups is 1. The number of hydrogen-bond donors (Lipinski definition) is 3. The van der Waals surface area contributed by atoms with E-state index in [1.54, 1.807) is 0 Å². The average molecular weight is 438 g/mol. The average Bonchev–Trinajstić information content (AvgIpc) is 3.39. The predicted octanol–water partition coefficient (Wildman–Crippen LogP) is 2.35. The molecule has 0 bridgehead atoms. The van der Waals surface area contributed by atoms with E-state index in [4.69, 9.17) is 4.74 Å². The van der Waals surface area contributed by atoms with Gasteiger partial charge in [-0.2, -0.15) is 0 Å². The van der Waals surface area contributed by atoms with Crippen molar-refractivity contribution in [2.24, 2.45) is 0 Å². The molecule has 3 N–H and O–H groups in total. The Bertz CT molecular complexity index is 991. The molecular formula is C24H26N2O6. The molecule has 1 aliphatic heterocycles. The fourth-order valence-electron chi connectivity index (χ4n) is 4.57. The zero-order chi connectivity index (χ0) is 22.8. The second kappa shape index (κ2) is 9.00. The molecule has 8 nitrogen and oxygen atoms in total. The Balaban J connectivity index is 1.44. The number of fused-ring (bicyclic) bond motifs is 3. The molecule has 1 heterocycles. The van der Waals surface area contributed by atoms with Gasteiger partial charge in [-0.15, -0.1) is 0 Å². The summed E-state index contributed by atoms with van der Waals surface area (Å²) in [5.74, 6) is -2.03. The fraction of sp³-hybridized carbons (Fsp3) is 0.375. The van der Waals surface area contributed by atoms with E-state index in [-0.39, 0.29) is 12.5 Å². The summed E-state index contributed by atoms with van der Waals surface area (Å²) in [5, 5.41) is 21.1. The normalized spacial score (nSPS) is 19.1. The summed E-state index contributed by atoms with van der Waals surface area (Å²) in [5.41, 5.74) is 4.44. The predicted molar refractivity (Wildman–Crippen MR) is 116 cm³/mol. The maximum atomic E-state index is 12.9. The van der Waals surface area contributed by atoms with Gasteiger partial charge in [-0.25, -0.2) is 9.59 Å². The van der Waals surface area contributed by atoms with Gasteiger partial charge in [0.25, 0.3) is 0 Å². The Kier molecular flexibility index (Phi) is 6.14. The maximum Gasteiger partial charge on any atom is 0.410 e. The molecule has 1 saturated heterocycles. The van der Waals surface area contributed by atoms with Crippen LogP contribution in [-0.4, -0.2) is 64.4 Å². The highest BCUT2D eigenvalue weighted by atomic mass is 16.6. The minimum absolute atomic E-state index is 0.0899. The first-order valence-corrected chi connectivity index (χ1v) is 10.7. The van der Waals surface area contributed by atoms with Crippen molar-refractivity contribution in [2.75, 3.05) is 13.2 Å². The smallest absolute Gasteiger partial charge is 0.410 e. The van der Waals surface area contributed by atoms with Gasteiger partial charge in [0.1, 0.15) is 12.6 Å². The lowest BCUT2D eigenvalue weighted by molar-refractivity contribution is -0.145. The number of carbonyl (C=O) groups excluding carboxylic acids is 2. The van der Waals surface area contributed by atoms with Crippen molar-refractivity contribution in [3.05, 3.63) is 59.7 Å². The number of ether oxygens (including phenoxy) is 1. The number of benzene rings is 2. The third kappa shape index (κ3) is 4.05. The summed E-state index contributed by atoms with van der Waals surface area (Å²) in [6, 6.07) is 13.8. The molecule has 0 unspecified atom stereocenters. The third-order valence-electron chi connectivity index (χ3n) is 6.17. The quantitative estimate of drug-likeness (QED) is 0.638. The standard InChI is InChI=1S/C24H26N2O6/c1-14(27)21(23(29)30)25-22(28)20-11-6-12-26(20)24(31)32-13-19-17-9-4-2-7-15(17)16-8-3-5-10-18(16)19/h2-5,7-10,14,19-21,27H,6,11-13H2,1H3,(H,25,28)(H,29,30)/t14-,20+,21+/m1/s1. The van der Waals surface area contributed by atoms with Crippen LogP contribution in [0.4, 0.5) is 4.79 Å². The van der Waals surface area contributed by atoms with E-state index in [0.717, 1.165) is 22.3 Å². The van der Waals surface area contributed by atoms with Crippen molar-refractivity contribution < 1.29 is 29.3 Å². The highest BCUT2D eigenvalue weighted by molar-refractivity contribution is 5.90. The van der Waals surface area contributed by atoms with E-state index in [2.05, 4.69) is 17.4 Å². The van der Waals surface area contributed by atoms with E-state index in [9.17, 15) is 24.6 Å². The number of nitrogens with one attached hydrogen (secondary N) is 1. The summed E-state index contributed by atoms with van der Waals surface area (Å²) in [6.45, 7) is 1.78. The van der Waals surface area contributed by atoms with E-state index in [1.165, 1.54) is 11.8 Å². The maximum absolute atomic E-state index is 12.9. The molecule has 2 amide bonds. The lowest BCUT2D eigenvalue weighted by atomic mass is 9.98. The van der Waals surface area contributed by atoms with Gasteiger partial charge in [-0.3, -0.25) is 9.69 Å². The largest absolute Gasteiger partial charge is 0.480 e. The summed E-state index contributed by atoms with van der Waals surface area (Å²) in [6.07, 6.45) is -0.856. The van der Waals surface area contributed by atoms with Crippen LogP contribution in [0.2, 0.25) is 0 Å². The van der Waals surface area contributed by atoms with E-state index in [0.29, 0.717) is 19.4 Å². The number of aliphatic carboxylic acids is 1. The van der Waals surface area contributed by atoms with Gasteiger partial charge in [0.2, 0.25) is 5.91 Å². The monoisotopic (exact) mass is 438 g/mol. The van der Waals surface area contributed by atoms with Crippen LogP contribution >= 0.6 is 0 Å². The number of hydrogen-bond acceptors (Lipinski definition) is 5. The Hall–Kier alpha value is -3.39. The number of carboxylic acids is 1. The minimum Gasteiger partial charge on any atom is -0.480 e. The van der Waals surface area contributed by atoms with Gasteiger partial charge in [0.15, 0.2) is 6.04 Å². The molecule has 168 valence electrons.